The maximum absolute atomic E-state index is 12.4. The quantitative estimate of drug-likeness (QED) is 0.828. The average molecular weight is 354 g/mol. The molecule has 2 heterocycles. The molecule has 0 aliphatic carbocycles. The minimum Gasteiger partial charge on any atom is -0.378 e. The highest BCUT2D eigenvalue weighted by molar-refractivity contribution is 6.41. The van der Waals surface area contributed by atoms with Gasteiger partial charge in [0.05, 0.1) is 30.1 Å². The number of nitrogens with zero attached hydrogens (tertiary/aromatic N) is 3. The van der Waals surface area contributed by atoms with E-state index in [0.717, 1.165) is 4.68 Å². The average Bonchev–Trinajstić information content (AvgIpc) is 2.60. The number of hydrogen-bond donors (Lipinski definition) is 0. The fourth-order valence-corrected chi connectivity index (χ4v) is 2.54. The second-order valence-corrected chi connectivity index (χ2v) is 5.76. The summed E-state index contributed by atoms with van der Waals surface area (Å²) >= 11 is 11.6. The molecule has 23 heavy (non-hydrogen) atoms. The Bertz CT molecular complexity index is 784. The van der Waals surface area contributed by atoms with Crippen LogP contribution in [0, 0.1) is 0 Å². The molecule has 1 aromatic heterocycles. The first kappa shape index (κ1) is 16.0. The van der Waals surface area contributed by atoms with Crippen molar-refractivity contribution in [3.63, 3.8) is 0 Å². The van der Waals surface area contributed by atoms with Gasteiger partial charge in [-0.2, -0.15) is 9.78 Å². The lowest BCUT2D eigenvalue weighted by Crippen LogP contribution is -2.40. The number of amides is 1. The van der Waals surface area contributed by atoms with Crippen molar-refractivity contribution < 1.29 is 9.53 Å². The van der Waals surface area contributed by atoms with E-state index in [4.69, 9.17) is 27.9 Å². The summed E-state index contributed by atoms with van der Waals surface area (Å²) in [6.45, 7) is 2.25. The van der Waals surface area contributed by atoms with Crippen LogP contribution in [0.25, 0.3) is 5.69 Å². The molecular weight excluding hydrogens is 341 g/mol. The number of halogens is 2. The van der Waals surface area contributed by atoms with Gasteiger partial charge in [-0.05, 0) is 24.3 Å². The highest BCUT2D eigenvalue weighted by Crippen LogP contribution is 2.17. The van der Waals surface area contributed by atoms with Crippen LogP contribution in [-0.4, -0.2) is 46.9 Å². The van der Waals surface area contributed by atoms with Crippen LogP contribution in [0.4, 0.5) is 0 Å². The molecule has 0 atom stereocenters. The summed E-state index contributed by atoms with van der Waals surface area (Å²) in [6, 6.07) is 6.60. The predicted octanol–water partition coefficient (Wildman–Crippen LogP) is 2.01. The number of aromatic nitrogens is 2. The van der Waals surface area contributed by atoms with Crippen LogP contribution < -0.4 is 5.56 Å². The zero-order valence-corrected chi connectivity index (χ0v) is 13.5. The number of ether oxygens (including phenoxy) is 1. The van der Waals surface area contributed by atoms with Crippen LogP contribution in [0.5, 0.6) is 0 Å². The molecule has 0 spiro atoms. The van der Waals surface area contributed by atoms with Gasteiger partial charge >= 0.3 is 0 Å². The van der Waals surface area contributed by atoms with Crippen molar-refractivity contribution in [2.75, 3.05) is 26.3 Å². The number of rotatable bonds is 2. The monoisotopic (exact) mass is 353 g/mol. The Balaban J connectivity index is 1.86. The maximum atomic E-state index is 12.4. The summed E-state index contributed by atoms with van der Waals surface area (Å²) in [6.07, 6.45) is 1.30. The summed E-state index contributed by atoms with van der Waals surface area (Å²) in [5.41, 5.74) is 0.544. The van der Waals surface area contributed by atoms with E-state index in [0.29, 0.717) is 37.6 Å². The Morgan fingerprint density at radius 1 is 1.13 bits per heavy atom. The van der Waals surface area contributed by atoms with E-state index in [1.54, 1.807) is 29.2 Å². The Hall–Kier alpha value is -1.89. The zero-order chi connectivity index (χ0) is 16.4. The number of carbonyl (C=O) groups excluding carboxylic acids is 1. The molecule has 1 fully saturated rings. The first-order chi connectivity index (χ1) is 11.1. The van der Waals surface area contributed by atoms with Gasteiger partial charge in [-0.3, -0.25) is 9.59 Å². The minimum absolute atomic E-state index is 0.0608. The lowest BCUT2D eigenvalue weighted by molar-refractivity contribution is 0.0303. The van der Waals surface area contributed by atoms with E-state index in [2.05, 4.69) is 5.10 Å². The van der Waals surface area contributed by atoms with E-state index in [-0.39, 0.29) is 16.0 Å². The van der Waals surface area contributed by atoms with Gasteiger partial charge in [0.15, 0.2) is 0 Å². The van der Waals surface area contributed by atoms with E-state index < -0.39 is 5.56 Å². The van der Waals surface area contributed by atoms with Crippen LogP contribution in [-0.2, 0) is 4.74 Å². The number of benzene rings is 1. The maximum Gasteiger partial charge on any atom is 0.291 e. The molecule has 1 aromatic carbocycles. The molecule has 1 saturated heterocycles. The lowest BCUT2D eigenvalue weighted by atomic mass is 10.1. The van der Waals surface area contributed by atoms with Gasteiger partial charge in [-0.1, -0.05) is 23.2 Å². The standard InChI is InChI=1S/C15H13Cl2N3O3/c16-12-9-18-20(15(22)13(12)17)11-3-1-10(2-4-11)14(21)19-5-7-23-8-6-19/h1-4,9H,5-8H2. The molecular formula is C15H13Cl2N3O3. The highest BCUT2D eigenvalue weighted by atomic mass is 35.5. The lowest BCUT2D eigenvalue weighted by Gasteiger charge is -2.26. The number of hydrogen-bond acceptors (Lipinski definition) is 4. The first-order valence-electron chi connectivity index (χ1n) is 6.99. The second kappa shape index (κ2) is 6.70. The van der Waals surface area contributed by atoms with Crippen molar-refractivity contribution >= 4 is 29.1 Å². The Morgan fingerprint density at radius 3 is 2.43 bits per heavy atom. The highest BCUT2D eigenvalue weighted by Gasteiger charge is 2.18. The van der Waals surface area contributed by atoms with Gasteiger partial charge in [0, 0.05) is 18.7 Å². The smallest absolute Gasteiger partial charge is 0.291 e. The molecule has 2 aromatic rings. The van der Waals surface area contributed by atoms with Crippen LogP contribution in [0.3, 0.4) is 0 Å². The molecule has 0 unspecified atom stereocenters. The summed E-state index contributed by atoms with van der Waals surface area (Å²) in [5.74, 6) is -0.0608. The van der Waals surface area contributed by atoms with Crippen molar-refractivity contribution in [3.8, 4) is 5.69 Å². The molecule has 120 valence electrons. The van der Waals surface area contributed by atoms with E-state index in [1.165, 1.54) is 6.20 Å². The van der Waals surface area contributed by atoms with Gasteiger partial charge < -0.3 is 9.64 Å². The molecule has 6 nitrogen and oxygen atoms in total. The van der Waals surface area contributed by atoms with Crippen molar-refractivity contribution in [3.05, 3.63) is 56.4 Å². The zero-order valence-electron chi connectivity index (χ0n) is 12.0. The molecule has 1 aliphatic heterocycles. The molecule has 0 radical (unpaired) electrons. The third-order valence-corrected chi connectivity index (χ3v) is 4.28. The molecule has 8 heteroatoms. The van der Waals surface area contributed by atoms with Gasteiger partial charge in [0.25, 0.3) is 11.5 Å². The molecule has 0 bridgehead atoms. The Labute approximate surface area is 142 Å². The van der Waals surface area contributed by atoms with Crippen molar-refractivity contribution in [2.45, 2.75) is 0 Å². The molecule has 1 aliphatic rings. The fourth-order valence-electron chi connectivity index (χ4n) is 2.29. The van der Waals surface area contributed by atoms with E-state index in [9.17, 15) is 9.59 Å². The number of carbonyl (C=O) groups is 1. The van der Waals surface area contributed by atoms with Crippen LogP contribution in [0.2, 0.25) is 10.0 Å². The van der Waals surface area contributed by atoms with Crippen LogP contribution >= 0.6 is 23.2 Å². The van der Waals surface area contributed by atoms with Crippen LogP contribution in [0.15, 0.2) is 35.3 Å². The van der Waals surface area contributed by atoms with Gasteiger partial charge in [-0.15, -0.1) is 0 Å². The summed E-state index contributed by atoms with van der Waals surface area (Å²) in [7, 11) is 0. The summed E-state index contributed by atoms with van der Waals surface area (Å²) in [5, 5.41) is 3.97. The number of morpholine rings is 1. The van der Waals surface area contributed by atoms with Crippen molar-refractivity contribution in [1.29, 1.82) is 0 Å². The second-order valence-electron chi connectivity index (χ2n) is 4.97. The minimum atomic E-state index is -0.508. The Kier molecular flexibility index (Phi) is 4.66. The third kappa shape index (κ3) is 3.24. The largest absolute Gasteiger partial charge is 0.378 e. The van der Waals surface area contributed by atoms with Gasteiger partial charge in [0.1, 0.15) is 5.02 Å². The molecule has 1 amide bonds. The predicted molar refractivity (Wildman–Crippen MR) is 86.6 cm³/mol. The Morgan fingerprint density at radius 2 is 1.78 bits per heavy atom. The first-order valence-corrected chi connectivity index (χ1v) is 7.74. The molecule has 0 N–H and O–H groups in total. The van der Waals surface area contributed by atoms with Crippen molar-refractivity contribution in [2.24, 2.45) is 0 Å². The molecule has 3 rings (SSSR count). The SMILES string of the molecule is O=C(c1ccc(-n2ncc(Cl)c(Cl)c2=O)cc1)N1CCOCC1. The summed E-state index contributed by atoms with van der Waals surface area (Å²) < 4.78 is 6.37. The topological polar surface area (TPSA) is 64.4 Å². The summed E-state index contributed by atoms with van der Waals surface area (Å²) in [4.78, 5) is 26.2. The normalized spacial score (nSPS) is 14.8. The van der Waals surface area contributed by atoms with Crippen LogP contribution in [0.1, 0.15) is 10.4 Å². The third-order valence-electron chi connectivity index (χ3n) is 3.53. The van der Waals surface area contributed by atoms with Crippen molar-refractivity contribution in [1.82, 2.24) is 14.7 Å². The van der Waals surface area contributed by atoms with Gasteiger partial charge in [0.2, 0.25) is 0 Å². The fraction of sp³-hybridized carbons (Fsp3) is 0.267. The van der Waals surface area contributed by atoms with E-state index in [1.807, 2.05) is 0 Å². The van der Waals surface area contributed by atoms with E-state index >= 15 is 0 Å². The molecule has 0 saturated carbocycles. The van der Waals surface area contributed by atoms with Gasteiger partial charge in [-0.25, -0.2) is 0 Å².